The number of carbonyl (C=O) groups excluding carboxylic acids is 1. The molecule has 2 N–H and O–H groups in total. The molecule has 37 heavy (non-hydrogen) atoms. The largest absolute Gasteiger partial charge is 0.493 e. The lowest BCUT2D eigenvalue weighted by Gasteiger charge is -2.22. The number of fused-ring (bicyclic) bond motifs is 2. The predicted molar refractivity (Wildman–Crippen MR) is 150 cm³/mol. The SMILES string of the molecule is COc1ccc(Nc2c3c(nc4ccc(NC(=O)/C=C/c5ccc(C)cc5)cc24)CCCC3)cc1OC. The number of aryl methyl sites for hydroxylation is 2. The molecule has 0 radical (unpaired) electrons. The molecule has 0 unspecified atom stereocenters. The van der Waals surface area contributed by atoms with Crippen LogP contribution in [0.15, 0.2) is 66.7 Å². The molecule has 188 valence electrons. The Hall–Kier alpha value is -4.32. The van der Waals surface area contributed by atoms with Crippen molar-refractivity contribution in [1.82, 2.24) is 4.98 Å². The van der Waals surface area contributed by atoms with Crippen LogP contribution in [-0.2, 0) is 17.6 Å². The number of rotatable bonds is 7. The van der Waals surface area contributed by atoms with E-state index in [1.807, 2.05) is 73.7 Å². The van der Waals surface area contributed by atoms with Gasteiger partial charge in [-0.1, -0.05) is 29.8 Å². The molecule has 0 aliphatic heterocycles. The number of nitrogens with one attached hydrogen (secondary N) is 2. The first kappa shape index (κ1) is 24.4. The Morgan fingerprint density at radius 3 is 2.43 bits per heavy atom. The number of ether oxygens (including phenoxy) is 2. The zero-order valence-electron chi connectivity index (χ0n) is 21.4. The molecule has 4 aromatic rings. The highest BCUT2D eigenvalue weighted by molar-refractivity contribution is 6.04. The summed E-state index contributed by atoms with van der Waals surface area (Å²) in [5, 5.41) is 7.60. The predicted octanol–water partition coefficient (Wildman–Crippen LogP) is 6.83. The van der Waals surface area contributed by atoms with Crippen molar-refractivity contribution in [2.75, 3.05) is 24.9 Å². The van der Waals surface area contributed by atoms with Gasteiger partial charge in [-0.3, -0.25) is 9.78 Å². The number of pyridine rings is 1. The maximum atomic E-state index is 12.7. The molecule has 5 rings (SSSR count). The lowest BCUT2D eigenvalue weighted by Crippen LogP contribution is -2.11. The van der Waals surface area contributed by atoms with Gasteiger partial charge in [0.15, 0.2) is 11.5 Å². The highest BCUT2D eigenvalue weighted by Crippen LogP contribution is 2.38. The van der Waals surface area contributed by atoms with Crippen LogP contribution in [0.25, 0.3) is 17.0 Å². The molecular weight excluding hydrogens is 462 g/mol. The van der Waals surface area contributed by atoms with E-state index < -0.39 is 0 Å². The van der Waals surface area contributed by atoms with E-state index in [1.54, 1.807) is 20.3 Å². The Labute approximate surface area is 217 Å². The maximum Gasteiger partial charge on any atom is 0.248 e. The molecular formula is C31H31N3O3. The van der Waals surface area contributed by atoms with Crippen LogP contribution in [0.2, 0.25) is 0 Å². The molecule has 1 aromatic heterocycles. The fourth-order valence-electron chi connectivity index (χ4n) is 4.74. The van der Waals surface area contributed by atoms with Crippen LogP contribution in [0, 0.1) is 6.92 Å². The van der Waals surface area contributed by atoms with Gasteiger partial charge in [-0.05, 0) is 80.1 Å². The molecule has 1 aliphatic carbocycles. The Morgan fingerprint density at radius 1 is 0.892 bits per heavy atom. The molecule has 0 spiro atoms. The van der Waals surface area contributed by atoms with E-state index in [0.29, 0.717) is 11.5 Å². The maximum absolute atomic E-state index is 12.7. The summed E-state index contributed by atoms with van der Waals surface area (Å²) < 4.78 is 10.9. The molecule has 1 aliphatic rings. The van der Waals surface area contributed by atoms with Crippen LogP contribution in [0.5, 0.6) is 11.5 Å². The molecule has 3 aromatic carbocycles. The van der Waals surface area contributed by atoms with E-state index >= 15 is 0 Å². The molecule has 0 atom stereocenters. The van der Waals surface area contributed by atoms with Gasteiger partial charge in [-0.2, -0.15) is 0 Å². The quantitative estimate of drug-likeness (QED) is 0.276. The van der Waals surface area contributed by atoms with E-state index in [2.05, 4.69) is 10.6 Å². The summed E-state index contributed by atoms with van der Waals surface area (Å²) in [5.41, 5.74) is 8.08. The zero-order chi connectivity index (χ0) is 25.8. The van der Waals surface area contributed by atoms with Crippen molar-refractivity contribution in [2.45, 2.75) is 32.6 Å². The monoisotopic (exact) mass is 493 g/mol. The second-order valence-electron chi connectivity index (χ2n) is 9.28. The smallest absolute Gasteiger partial charge is 0.248 e. The first-order valence-corrected chi connectivity index (χ1v) is 12.5. The Bertz CT molecular complexity index is 1480. The van der Waals surface area contributed by atoms with Crippen LogP contribution >= 0.6 is 0 Å². The van der Waals surface area contributed by atoms with Crippen molar-refractivity contribution in [3.8, 4) is 11.5 Å². The minimum absolute atomic E-state index is 0.180. The van der Waals surface area contributed by atoms with Crippen molar-refractivity contribution in [3.63, 3.8) is 0 Å². The van der Waals surface area contributed by atoms with E-state index in [-0.39, 0.29) is 5.91 Å². The summed E-state index contributed by atoms with van der Waals surface area (Å²) in [6, 6.07) is 19.7. The molecule has 1 heterocycles. The third-order valence-corrected chi connectivity index (χ3v) is 6.69. The van der Waals surface area contributed by atoms with E-state index in [4.69, 9.17) is 14.5 Å². The highest BCUT2D eigenvalue weighted by atomic mass is 16.5. The van der Waals surface area contributed by atoms with Crippen molar-refractivity contribution < 1.29 is 14.3 Å². The third kappa shape index (κ3) is 5.43. The summed E-state index contributed by atoms with van der Waals surface area (Å²) in [6.45, 7) is 2.04. The van der Waals surface area contributed by atoms with E-state index in [0.717, 1.165) is 64.9 Å². The van der Waals surface area contributed by atoms with Crippen molar-refractivity contribution in [1.29, 1.82) is 0 Å². The van der Waals surface area contributed by atoms with Gasteiger partial charge in [-0.25, -0.2) is 0 Å². The summed E-state index contributed by atoms with van der Waals surface area (Å²) in [5.74, 6) is 1.16. The van der Waals surface area contributed by atoms with Gasteiger partial charge in [0.2, 0.25) is 5.91 Å². The van der Waals surface area contributed by atoms with Crippen molar-refractivity contribution >= 4 is 39.9 Å². The molecule has 6 heteroatoms. The second kappa shape index (κ2) is 10.7. The fourth-order valence-corrected chi connectivity index (χ4v) is 4.74. The zero-order valence-corrected chi connectivity index (χ0v) is 21.4. The van der Waals surface area contributed by atoms with E-state index in [9.17, 15) is 4.79 Å². The molecule has 0 saturated heterocycles. The summed E-state index contributed by atoms with van der Waals surface area (Å²) in [6.07, 6.45) is 7.57. The van der Waals surface area contributed by atoms with Gasteiger partial charge in [0, 0.05) is 34.6 Å². The number of nitrogens with zero attached hydrogens (tertiary/aromatic N) is 1. The van der Waals surface area contributed by atoms with Gasteiger partial charge in [0.05, 0.1) is 25.4 Å². The summed E-state index contributed by atoms with van der Waals surface area (Å²) in [7, 11) is 3.26. The number of hydrogen-bond donors (Lipinski definition) is 2. The average Bonchev–Trinajstić information content (AvgIpc) is 2.92. The molecule has 6 nitrogen and oxygen atoms in total. The van der Waals surface area contributed by atoms with Crippen LogP contribution in [0.4, 0.5) is 17.1 Å². The van der Waals surface area contributed by atoms with Gasteiger partial charge in [0.25, 0.3) is 0 Å². The van der Waals surface area contributed by atoms with Crippen LogP contribution in [-0.4, -0.2) is 25.1 Å². The number of hydrogen-bond acceptors (Lipinski definition) is 5. The lowest BCUT2D eigenvalue weighted by atomic mass is 9.92. The Balaban J connectivity index is 1.48. The first-order valence-electron chi connectivity index (χ1n) is 12.5. The van der Waals surface area contributed by atoms with E-state index in [1.165, 1.54) is 11.1 Å². The third-order valence-electron chi connectivity index (χ3n) is 6.69. The molecule has 0 bridgehead atoms. The number of anilines is 3. The normalized spacial score (nSPS) is 12.8. The Morgan fingerprint density at radius 2 is 1.65 bits per heavy atom. The standard InChI is InChI=1S/C31H31N3O3/c1-20-8-10-21(11-9-20)12-17-30(35)32-22-13-15-27-25(18-22)31(24-6-4-5-7-26(24)34-27)33-23-14-16-28(36-2)29(19-23)37-3/h8-19H,4-7H2,1-3H3,(H,32,35)(H,33,34)/b17-12+. The number of aromatic nitrogens is 1. The highest BCUT2D eigenvalue weighted by Gasteiger charge is 2.19. The topological polar surface area (TPSA) is 72.5 Å². The molecule has 0 saturated carbocycles. The van der Waals surface area contributed by atoms with Crippen molar-refractivity contribution in [3.05, 3.63) is 89.1 Å². The van der Waals surface area contributed by atoms with Crippen LogP contribution in [0.3, 0.4) is 0 Å². The average molecular weight is 494 g/mol. The van der Waals surface area contributed by atoms with Gasteiger partial charge in [0.1, 0.15) is 0 Å². The minimum atomic E-state index is -0.180. The van der Waals surface area contributed by atoms with Gasteiger partial charge in [-0.15, -0.1) is 0 Å². The first-order chi connectivity index (χ1) is 18.0. The van der Waals surface area contributed by atoms with Gasteiger partial charge < -0.3 is 20.1 Å². The lowest BCUT2D eigenvalue weighted by molar-refractivity contribution is -0.111. The second-order valence-corrected chi connectivity index (χ2v) is 9.28. The van der Waals surface area contributed by atoms with Crippen LogP contribution < -0.4 is 20.1 Å². The number of amides is 1. The summed E-state index contributed by atoms with van der Waals surface area (Å²) >= 11 is 0. The number of benzene rings is 3. The fraction of sp³-hybridized carbons (Fsp3) is 0.226. The van der Waals surface area contributed by atoms with Crippen molar-refractivity contribution in [2.24, 2.45) is 0 Å². The van der Waals surface area contributed by atoms with Gasteiger partial charge >= 0.3 is 0 Å². The molecule has 0 fully saturated rings. The van der Waals surface area contributed by atoms with Crippen LogP contribution in [0.1, 0.15) is 35.2 Å². The molecule has 1 amide bonds. The minimum Gasteiger partial charge on any atom is -0.493 e. The summed E-state index contributed by atoms with van der Waals surface area (Å²) in [4.78, 5) is 17.6. The Kier molecular flexibility index (Phi) is 7.08. The number of methoxy groups -OCH3 is 2. The number of carbonyl (C=O) groups is 1.